The zero-order chi connectivity index (χ0) is 16.3. The Labute approximate surface area is 140 Å². The third-order valence-electron chi connectivity index (χ3n) is 3.44. The molecule has 0 bridgehead atoms. The van der Waals surface area contributed by atoms with Gasteiger partial charge >= 0.3 is 5.97 Å². The molecular formula is C15H21ClN4O3. The number of para-hydroxylation sites is 1. The summed E-state index contributed by atoms with van der Waals surface area (Å²) in [6, 6.07) is 5.09. The number of hydrogen-bond acceptors (Lipinski definition) is 5. The van der Waals surface area contributed by atoms with E-state index in [2.05, 4.69) is 15.3 Å². The predicted octanol–water partition coefficient (Wildman–Crippen LogP) is 2.23. The van der Waals surface area contributed by atoms with Crippen LogP contribution in [0.1, 0.15) is 37.0 Å². The smallest absolute Gasteiger partial charge is 0.340 e. The van der Waals surface area contributed by atoms with E-state index >= 15 is 0 Å². The molecule has 0 radical (unpaired) electrons. The topological polar surface area (TPSA) is 110 Å². The van der Waals surface area contributed by atoms with Crippen LogP contribution < -0.4 is 11.1 Å². The zero-order valence-corrected chi connectivity index (χ0v) is 14.1. The number of amides is 1. The van der Waals surface area contributed by atoms with Crippen LogP contribution in [0.5, 0.6) is 0 Å². The maximum atomic E-state index is 12.2. The molecule has 1 unspecified atom stereocenters. The number of rotatable bonds is 5. The van der Waals surface area contributed by atoms with E-state index in [0.29, 0.717) is 23.0 Å². The van der Waals surface area contributed by atoms with Crippen molar-refractivity contribution in [1.29, 1.82) is 0 Å². The van der Waals surface area contributed by atoms with Crippen molar-refractivity contribution < 1.29 is 14.3 Å². The van der Waals surface area contributed by atoms with Crippen LogP contribution in [0, 0.1) is 0 Å². The molecule has 0 spiro atoms. The number of carbonyl (C=O) groups is 2. The lowest BCUT2D eigenvalue weighted by Gasteiger charge is -2.21. The van der Waals surface area contributed by atoms with E-state index in [1.807, 2.05) is 6.92 Å². The Morgan fingerprint density at radius 2 is 2.13 bits per heavy atom. The second-order valence-electron chi connectivity index (χ2n) is 5.40. The number of carbonyl (C=O) groups excluding carboxylic acids is 2. The lowest BCUT2D eigenvalue weighted by Crippen LogP contribution is -2.48. The van der Waals surface area contributed by atoms with E-state index in [4.69, 9.17) is 10.5 Å². The van der Waals surface area contributed by atoms with Gasteiger partial charge in [-0.1, -0.05) is 19.4 Å². The van der Waals surface area contributed by atoms with E-state index in [1.165, 1.54) is 7.11 Å². The van der Waals surface area contributed by atoms with Crippen LogP contribution in [0.15, 0.2) is 18.2 Å². The molecule has 1 atom stereocenters. The van der Waals surface area contributed by atoms with Crippen molar-refractivity contribution in [3.63, 3.8) is 0 Å². The lowest BCUT2D eigenvalue weighted by molar-refractivity contribution is -0.120. The number of nitrogens with one attached hydrogen (secondary N) is 2. The zero-order valence-electron chi connectivity index (χ0n) is 13.3. The second-order valence-corrected chi connectivity index (χ2v) is 5.40. The number of imidazole rings is 1. The van der Waals surface area contributed by atoms with Crippen LogP contribution >= 0.6 is 12.4 Å². The monoisotopic (exact) mass is 340 g/mol. The van der Waals surface area contributed by atoms with Gasteiger partial charge in [0.2, 0.25) is 11.9 Å². The number of H-pyrrole nitrogens is 1. The molecule has 0 aliphatic heterocycles. The van der Waals surface area contributed by atoms with Crippen molar-refractivity contribution in [3.8, 4) is 0 Å². The Hall–Kier alpha value is -2.12. The number of halogens is 1. The summed E-state index contributed by atoms with van der Waals surface area (Å²) in [5.74, 6) is -0.554. The van der Waals surface area contributed by atoms with Crippen LogP contribution in [-0.2, 0) is 9.53 Å². The quantitative estimate of drug-likeness (QED) is 0.723. The summed E-state index contributed by atoms with van der Waals surface area (Å²) in [6.07, 6.45) is 1.36. The Balaban J connectivity index is 0.00000264. The Bertz CT molecular complexity index is 712. The molecule has 0 saturated carbocycles. The standard InChI is InChI=1S/C15H20N4O3.ClH/c1-4-8-15(2,16)13(21)19-14-17-10-7-5-6-9(11(10)18-14)12(20)22-3;/h5-7H,4,8,16H2,1-3H3,(H2,17,18,19,21);1H. The molecule has 0 aliphatic rings. The van der Waals surface area contributed by atoms with Gasteiger partial charge < -0.3 is 15.5 Å². The Morgan fingerprint density at radius 1 is 1.43 bits per heavy atom. The number of fused-ring (bicyclic) bond motifs is 1. The highest BCUT2D eigenvalue weighted by molar-refractivity contribution is 6.03. The maximum absolute atomic E-state index is 12.2. The van der Waals surface area contributed by atoms with Crippen LogP contribution in [-0.4, -0.2) is 34.5 Å². The third kappa shape index (κ3) is 4.00. The number of anilines is 1. The molecule has 2 aromatic rings. The number of benzene rings is 1. The molecule has 1 aromatic heterocycles. The SMILES string of the molecule is CCCC(C)(N)C(=O)Nc1nc2c(C(=O)OC)cccc2[nH]1.Cl. The van der Waals surface area contributed by atoms with Crippen molar-refractivity contribution in [2.75, 3.05) is 12.4 Å². The second kappa shape index (κ2) is 7.43. The fourth-order valence-electron chi connectivity index (χ4n) is 2.25. The van der Waals surface area contributed by atoms with Gasteiger partial charge in [-0.25, -0.2) is 9.78 Å². The molecule has 0 saturated heterocycles. The number of hydrogen-bond donors (Lipinski definition) is 3. The average Bonchev–Trinajstić information content (AvgIpc) is 2.88. The summed E-state index contributed by atoms with van der Waals surface area (Å²) in [5.41, 5.74) is 6.42. The molecule has 0 fully saturated rings. The van der Waals surface area contributed by atoms with Crippen molar-refractivity contribution in [2.45, 2.75) is 32.2 Å². The van der Waals surface area contributed by atoms with Crippen LogP contribution in [0.4, 0.5) is 5.95 Å². The van der Waals surface area contributed by atoms with Crippen LogP contribution in [0.3, 0.4) is 0 Å². The Morgan fingerprint density at radius 3 is 2.74 bits per heavy atom. The highest BCUT2D eigenvalue weighted by Crippen LogP contribution is 2.20. The van der Waals surface area contributed by atoms with Gasteiger partial charge in [0.25, 0.3) is 0 Å². The minimum atomic E-state index is -0.973. The number of esters is 1. The van der Waals surface area contributed by atoms with E-state index < -0.39 is 11.5 Å². The van der Waals surface area contributed by atoms with Gasteiger partial charge in [0, 0.05) is 0 Å². The molecule has 0 aliphatic carbocycles. The minimum absolute atomic E-state index is 0. The van der Waals surface area contributed by atoms with E-state index in [9.17, 15) is 9.59 Å². The molecular weight excluding hydrogens is 320 g/mol. The first-order valence-corrected chi connectivity index (χ1v) is 7.06. The molecule has 1 aromatic carbocycles. The van der Waals surface area contributed by atoms with Gasteiger partial charge in [-0.15, -0.1) is 12.4 Å². The summed E-state index contributed by atoms with van der Waals surface area (Å²) in [4.78, 5) is 31.1. The molecule has 126 valence electrons. The molecule has 23 heavy (non-hydrogen) atoms. The van der Waals surface area contributed by atoms with Gasteiger partial charge in [0.15, 0.2) is 0 Å². The molecule has 1 heterocycles. The van der Waals surface area contributed by atoms with Gasteiger partial charge in [-0.2, -0.15) is 0 Å². The fraction of sp³-hybridized carbons (Fsp3) is 0.400. The highest BCUT2D eigenvalue weighted by Gasteiger charge is 2.28. The number of aromatic nitrogens is 2. The fourth-order valence-corrected chi connectivity index (χ4v) is 2.25. The first kappa shape index (κ1) is 18.9. The number of nitrogens with two attached hydrogens (primary N) is 1. The number of ether oxygens (including phenoxy) is 1. The maximum Gasteiger partial charge on any atom is 0.340 e. The number of aromatic amines is 1. The minimum Gasteiger partial charge on any atom is -0.465 e. The first-order valence-electron chi connectivity index (χ1n) is 7.06. The van der Waals surface area contributed by atoms with Gasteiger partial charge in [0.1, 0.15) is 5.52 Å². The molecule has 1 amide bonds. The molecule has 2 rings (SSSR count). The van der Waals surface area contributed by atoms with Crippen LogP contribution in [0.2, 0.25) is 0 Å². The average molecular weight is 341 g/mol. The summed E-state index contributed by atoms with van der Waals surface area (Å²) < 4.78 is 4.72. The van der Waals surface area contributed by atoms with Gasteiger partial charge in [0.05, 0.1) is 23.7 Å². The largest absolute Gasteiger partial charge is 0.465 e. The van der Waals surface area contributed by atoms with Crippen molar-refractivity contribution >= 4 is 41.3 Å². The van der Waals surface area contributed by atoms with Crippen molar-refractivity contribution in [2.24, 2.45) is 5.73 Å². The molecule has 4 N–H and O–H groups in total. The third-order valence-corrected chi connectivity index (χ3v) is 3.44. The lowest BCUT2D eigenvalue weighted by atomic mass is 9.97. The predicted molar refractivity (Wildman–Crippen MR) is 90.8 cm³/mol. The molecule has 8 heteroatoms. The Kier molecular flexibility index (Phi) is 6.12. The number of nitrogens with zero attached hydrogens (tertiary/aromatic N) is 1. The van der Waals surface area contributed by atoms with E-state index in [-0.39, 0.29) is 24.3 Å². The van der Waals surface area contributed by atoms with Gasteiger partial charge in [-0.3, -0.25) is 10.1 Å². The van der Waals surface area contributed by atoms with Crippen molar-refractivity contribution in [3.05, 3.63) is 23.8 Å². The first-order chi connectivity index (χ1) is 10.4. The normalized spacial score (nSPS) is 13.0. The van der Waals surface area contributed by atoms with Crippen LogP contribution in [0.25, 0.3) is 11.0 Å². The molecule has 7 nitrogen and oxygen atoms in total. The summed E-state index contributed by atoms with van der Waals surface area (Å²) >= 11 is 0. The van der Waals surface area contributed by atoms with Crippen molar-refractivity contribution in [1.82, 2.24) is 9.97 Å². The van der Waals surface area contributed by atoms with Gasteiger partial charge in [-0.05, 0) is 25.5 Å². The summed E-state index contributed by atoms with van der Waals surface area (Å²) in [6.45, 7) is 3.64. The summed E-state index contributed by atoms with van der Waals surface area (Å²) in [5, 5.41) is 2.66. The number of methoxy groups -OCH3 is 1. The van der Waals surface area contributed by atoms with E-state index in [0.717, 1.165) is 6.42 Å². The summed E-state index contributed by atoms with van der Waals surface area (Å²) in [7, 11) is 1.31. The van der Waals surface area contributed by atoms with E-state index in [1.54, 1.807) is 25.1 Å². The highest BCUT2D eigenvalue weighted by atomic mass is 35.5.